The maximum Gasteiger partial charge on any atom is 0.248 e. The largest absolute Gasteiger partial charge is 0.397 e. The van der Waals surface area contributed by atoms with Gasteiger partial charge in [-0.1, -0.05) is 60.7 Å². The SMILES string of the molecule is NC(=O)c1ccc(N2CCN(C(c3ccccc3)c3ccccc3)CC2)c(N)c1. The monoisotopic (exact) mass is 386 g/mol. The number of carbonyl (C=O) groups excluding carboxylic acids is 1. The van der Waals surface area contributed by atoms with Crippen molar-refractivity contribution in [1.82, 2.24) is 4.90 Å². The minimum Gasteiger partial charge on any atom is -0.397 e. The summed E-state index contributed by atoms with van der Waals surface area (Å²) in [5, 5.41) is 0. The van der Waals surface area contributed by atoms with E-state index in [9.17, 15) is 4.79 Å². The second-order valence-corrected chi connectivity index (χ2v) is 7.38. The molecule has 1 aliphatic rings. The van der Waals surface area contributed by atoms with Crippen LogP contribution in [0.2, 0.25) is 0 Å². The Balaban J connectivity index is 1.54. The third-order valence-corrected chi connectivity index (χ3v) is 5.56. The zero-order chi connectivity index (χ0) is 20.2. The topological polar surface area (TPSA) is 75.6 Å². The van der Waals surface area contributed by atoms with E-state index in [4.69, 9.17) is 11.5 Å². The fourth-order valence-corrected chi connectivity index (χ4v) is 4.10. The van der Waals surface area contributed by atoms with Gasteiger partial charge >= 0.3 is 0 Å². The van der Waals surface area contributed by atoms with E-state index in [1.165, 1.54) is 11.1 Å². The zero-order valence-corrected chi connectivity index (χ0v) is 16.4. The predicted octanol–water partition coefficient (Wildman–Crippen LogP) is 3.28. The fraction of sp³-hybridized carbons (Fsp3) is 0.208. The minimum absolute atomic E-state index is 0.231. The number of nitrogens with zero attached hydrogens (tertiary/aromatic N) is 2. The first kappa shape index (κ1) is 19.0. The Morgan fingerprint density at radius 3 is 1.83 bits per heavy atom. The van der Waals surface area contributed by atoms with E-state index < -0.39 is 5.91 Å². The lowest BCUT2D eigenvalue weighted by molar-refractivity contribution is 0.100. The maximum atomic E-state index is 11.4. The van der Waals surface area contributed by atoms with Gasteiger partial charge in [0.05, 0.1) is 17.4 Å². The number of hydrogen-bond acceptors (Lipinski definition) is 4. The number of hydrogen-bond donors (Lipinski definition) is 2. The second-order valence-electron chi connectivity index (χ2n) is 7.38. The average molecular weight is 386 g/mol. The van der Waals surface area contributed by atoms with Crippen LogP contribution >= 0.6 is 0 Å². The Labute approximate surface area is 171 Å². The average Bonchev–Trinajstić information content (AvgIpc) is 2.76. The Kier molecular flexibility index (Phi) is 5.49. The molecule has 3 aromatic carbocycles. The maximum absolute atomic E-state index is 11.4. The van der Waals surface area contributed by atoms with Crippen LogP contribution in [0.25, 0.3) is 0 Å². The van der Waals surface area contributed by atoms with Crippen LogP contribution in [-0.4, -0.2) is 37.0 Å². The first-order valence-electron chi connectivity index (χ1n) is 9.91. The van der Waals surface area contributed by atoms with Gasteiger partial charge in [-0.15, -0.1) is 0 Å². The van der Waals surface area contributed by atoms with Crippen LogP contribution in [-0.2, 0) is 0 Å². The number of carbonyl (C=O) groups is 1. The van der Waals surface area contributed by atoms with Crippen LogP contribution in [0.3, 0.4) is 0 Å². The van der Waals surface area contributed by atoms with Crippen molar-refractivity contribution in [1.29, 1.82) is 0 Å². The summed E-state index contributed by atoms with van der Waals surface area (Å²) >= 11 is 0. The summed E-state index contributed by atoms with van der Waals surface area (Å²) in [4.78, 5) is 16.2. The molecule has 4 rings (SSSR count). The van der Waals surface area contributed by atoms with Gasteiger partial charge in [-0.3, -0.25) is 9.69 Å². The lowest BCUT2D eigenvalue weighted by atomic mass is 9.96. The highest BCUT2D eigenvalue weighted by atomic mass is 16.1. The molecule has 148 valence electrons. The van der Waals surface area contributed by atoms with Crippen LogP contribution in [0, 0.1) is 0 Å². The van der Waals surface area contributed by atoms with E-state index >= 15 is 0 Å². The number of amides is 1. The zero-order valence-electron chi connectivity index (χ0n) is 16.4. The van der Waals surface area contributed by atoms with Gasteiger partial charge in [-0.25, -0.2) is 0 Å². The summed E-state index contributed by atoms with van der Waals surface area (Å²) in [5.74, 6) is -0.457. The summed E-state index contributed by atoms with van der Waals surface area (Å²) in [6, 6.07) is 26.9. The summed E-state index contributed by atoms with van der Waals surface area (Å²) < 4.78 is 0. The van der Waals surface area contributed by atoms with E-state index in [0.29, 0.717) is 11.3 Å². The van der Waals surface area contributed by atoms with Crippen LogP contribution in [0.15, 0.2) is 78.9 Å². The first-order chi connectivity index (χ1) is 14.1. The van der Waals surface area contributed by atoms with Crippen molar-refractivity contribution in [3.05, 3.63) is 95.6 Å². The van der Waals surface area contributed by atoms with Gasteiger partial charge in [-0.05, 0) is 29.3 Å². The molecule has 29 heavy (non-hydrogen) atoms. The number of nitrogen functional groups attached to an aromatic ring is 1. The van der Waals surface area contributed by atoms with E-state index in [2.05, 4.69) is 70.5 Å². The molecule has 0 atom stereocenters. The number of primary amides is 1. The predicted molar refractivity (Wildman–Crippen MR) is 118 cm³/mol. The lowest BCUT2D eigenvalue weighted by Crippen LogP contribution is -2.48. The van der Waals surface area contributed by atoms with Gasteiger partial charge in [0.15, 0.2) is 0 Å². The van der Waals surface area contributed by atoms with Crippen molar-refractivity contribution in [3.63, 3.8) is 0 Å². The first-order valence-corrected chi connectivity index (χ1v) is 9.91. The van der Waals surface area contributed by atoms with Crippen molar-refractivity contribution in [2.75, 3.05) is 36.8 Å². The van der Waals surface area contributed by atoms with Crippen molar-refractivity contribution < 1.29 is 4.79 Å². The molecule has 0 radical (unpaired) electrons. The molecule has 0 aliphatic carbocycles. The Hall–Kier alpha value is -3.31. The fourth-order valence-electron chi connectivity index (χ4n) is 4.10. The molecule has 0 spiro atoms. The van der Waals surface area contributed by atoms with E-state index in [1.807, 2.05) is 6.07 Å². The van der Waals surface area contributed by atoms with Gasteiger partial charge < -0.3 is 16.4 Å². The number of benzene rings is 3. The molecule has 1 fully saturated rings. The van der Waals surface area contributed by atoms with Crippen molar-refractivity contribution in [3.8, 4) is 0 Å². The molecule has 1 heterocycles. The van der Waals surface area contributed by atoms with Crippen molar-refractivity contribution in [2.24, 2.45) is 5.73 Å². The summed E-state index contributed by atoms with van der Waals surface area (Å²) in [6.07, 6.45) is 0. The quantitative estimate of drug-likeness (QED) is 0.660. The van der Waals surface area contributed by atoms with Crippen molar-refractivity contribution in [2.45, 2.75) is 6.04 Å². The molecule has 1 amide bonds. The Bertz CT molecular complexity index is 927. The molecule has 0 bridgehead atoms. The molecule has 1 aliphatic heterocycles. The van der Waals surface area contributed by atoms with E-state index in [-0.39, 0.29) is 6.04 Å². The third-order valence-electron chi connectivity index (χ3n) is 5.56. The van der Waals surface area contributed by atoms with Gasteiger partial charge in [0.1, 0.15) is 0 Å². The van der Waals surface area contributed by atoms with Crippen LogP contribution in [0.1, 0.15) is 27.5 Å². The molecule has 5 heteroatoms. The number of anilines is 2. The smallest absolute Gasteiger partial charge is 0.248 e. The summed E-state index contributed by atoms with van der Waals surface area (Å²) in [6.45, 7) is 3.59. The van der Waals surface area contributed by atoms with E-state index in [1.54, 1.807) is 12.1 Å². The molecular formula is C24H26N4O. The molecule has 0 aromatic heterocycles. The summed E-state index contributed by atoms with van der Waals surface area (Å²) in [7, 11) is 0. The second kappa shape index (κ2) is 8.37. The normalized spacial score (nSPS) is 14.9. The van der Waals surface area contributed by atoms with Gasteiger partial charge in [0.2, 0.25) is 5.91 Å². The molecule has 5 nitrogen and oxygen atoms in total. The number of rotatable bonds is 5. The highest BCUT2D eigenvalue weighted by molar-refractivity contribution is 5.94. The summed E-state index contributed by atoms with van der Waals surface area (Å²) in [5.41, 5.74) is 16.2. The molecular weight excluding hydrogens is 360 g/mol. The Morgan fingerprint density at radius 2 is 1.34 bits per heavy atom. The van der Waals surface area contributed by atoms with Gasteiger partial charge in [0.25, 0.3) is 0 Å². The van der Waals surface area contributed by atoms with Crippen LogP contribution in [0.4, 0.5) is 11.4 Å². The highest BCUT2D eigenvalue weighted by Gasteiger charge is 2.27. The van der Waals surface area contributed by atoms with Gasteiger partial charge in [-0.2, -0.15) is 0 Å². The number of piperazine rings is 1. The van der Waals surface area contributed by atoms with E-state index in [0.717, 1.165) is 31.9 Å². The standard InChI is InChI=1S/C24H26N4O/c25-21-17-20(24(26)29)11-12-22(21)27-13-15-28(16-14-27)23(18-7-3-1-4-8-18)19-9-5-2-6-10-19/h1-12,17,23H,13-16,25H2,(H2,26,29). The molecule has 0 saturated carbocycles. The molecule has 3 aromatic rings. The lowest BCUT2D eigenvalue weighted by Gasteiger charge is -2.41. The molecule has 4 N–H and O–H groups in total. The van der Waals surface area contributed by atoms with Gasteiger partial charge in [0, 0.05) is 31.7 Å². The third kappa shape index (κ3) is 4.10. The number of nitrogens with two attached hydrogens (primary N) is 2. The molecule has 0 unspecified atom stereocenters. The highest BCUT2D eigenvalue weighted by Crippen LogP contribution is 2.31. The van der Waals surface area contributed by atoms with Crippen LogP contribution < -0.4 is 16.4 Å². The van der Waals surface area contributed by atoms with Crippen molar-refractivity contribution >= 4 is 17.3 Å². The minimum atomic E-state index is -0.457. The molecule has 1 saturated heterocycles. The Morgan fingerprint density at radius 1 is 0.793 bits per heavy atom. The van der Waals surface area contributed by atoms with Crippen LogP contribution in [0.5, 0.6) is 0 Å².